The quantitative estimate of drug-likeness (QED) is 0.293. The minimum atomic E-state index is -0.340. The molecule has 2 aromatic carbocycles. The lowest BCUT2D eigenvalue weighted by molar-refractivity contribution is 0.252. The summed E-state index contributed by atoms with van der Waals surface area (Å²) in [5.74, 6) is 1.51. The van der Waals surface area contributed by atoms with E-state index >= 15 is 0 Å². The van der Waals surface area contributed by atoms with E-state index in [1.807, 2.05) is 0 Å². The van der Waals surface area contributed by atoms with Crippen molar-refractivity contribution in [2.45, 2.75) is 25.7 Å². The zero-order valence-electron chi connectivity index (χ0n) is 17.7. The Morgan fingerprint density at radius 3 is 1.94 bits per heavy atom. The molecule has 0 bridgehead atoms. The molecule has 2 heterocycles. The SMILES string of the molecule is NCCOc1cc(F)cc2c1OCCC2.[N-]=[N+]=NCCOc1cc(F)cc2c1OCCC2. The van der Waals surface area contributed by atoms with Gasteiger partial charge in [0.25, 0.3) is 0 Å². The minimum absolute atomic E-state index is 0.210. The lowest BCUT2D eigenvalue weighted by Gasteiger charge is -2.20. The molecule has 0 atom stereocenters. The van der Waals surface area contributed by atoms with Crippen molar-refractivity contribution in [1.29, 1.82) is 0 Å². The molecule has 0 unspecified atom stereocenters. The molecule has 10 heteroatoms. The highest BCUT2D eigenvalue weighted by Crippen LogP contribution is 2.36. The Hall–Kier alpha value is -3.23. The van der Waals surface area contributed by atoms with Crippen LogP contribution in [0.3, 0.4) is 0 Å². The van der Waals surface area contributed by atoms with Gasteiger partial charge in [0.15, 0.2) is 23.0 Å². The van der Waals surface area contributed by atoms with Crippen LogP contribution in [0.1, 0.15) is 24.0 Å². The van der Waals surface area contributed by atoms with E-state index < -0.39 is 0 Å². The van der Waals surface area contributed by atoms with E-state index in [2.05, 4.69) is 10.0 Å². The number of nitrogens with two attached hydrogens (primary N) is 1. The van der Waals surface area contributed by atoms with E-state index in [1.165, 1.54) is 24.3 Å². The Balaban J connectivity index is 0.000000182. The molecule has 0 aliphatic carbocycles. The maximum Gasteiger partial charge on any atom is 0.164 e. The standard InChI is InChI=1S/C11H12FN3O2.C11H14FNO2/c12-9-6-8-2-1-4-17-11(8)10(7-9)16-5-3-14-15-13;12-9-6-8-2-1-4-15-11(8)10(7-9)14-5-3-13/h6-7H,1-5H2;6-7H,1-5,13H2. The monoisotopic (exact) mass is 448 g/mol. The van der Waals surface area contributed by atoms with Gasteiger partial charge in [0, 0.05) is 34.7 Å². The smallest absolute Gasteiger partial charge is 0.164 e. The highest BCUT2D eigenvalue weighted by Gasteiger charge is 2.18. The summed E-state index contributed by atoms with van der Waals surface area (Å²) >= 11 is 0. The zero-order chi connectivity index (χ0) is 22.8. The number of hydrogen-bond acceptors (Lipinski definition) is 6. The third-order valence-electron chi connectivity index (χ3n) is 4.75. The largest absolute Gasteiger partial charge is 0.489 e. The molecule has 4 rings (SSSR count). The van der Waals surface area contributed by atoms with Crippen molar-refractivity contribution in [1.82, 2.24) is 0 Å². The second-order valence-corrected chi connectivity index (χ2v) is 7.13. The Morgan fingerprint density at radius 2 is 1.44 bits per heavy atom. The molecule has 0 spiro atoms. The summed E-state index contributed by atoms with van der Waals surface area (Å²) in [4.78, 5) is 2.61. The van der Waals surface area contributed by atoms with E-state index in [0.717, 1.165) is 36.8 Å². The number of halogens is 2. The first-order valence-corrected chi connectivity index (χ1v) is 10.5. The van der Waals surface area contributed by atoms with Crippen LogP contribution in [0.5, 0.6) is 23.0 Å². The van der Waals surface area contributed by atoms with Crippen molar-refractivity contribution in [2.24, 2.45) is 10.8 Å². The maximum atomic E-state index is 13.3. The maximum absolute atomic E-state index is 13.3. The molecular weight excluding hydrogens is 422 g/mol. The summed E-state index contributed by atoms with van der Waals surface area (Å²) in [6.07, 6.45) is 3.44. The zero-order valence-corrected chi connectivity index (χ0v) is 17.7. The van der Waals surface area contributed by atoms with Crippen LogP contribution in [-0.4, -0.2) is 39.5 Å². The lowest BCUT2D eigenvalue weighted by atomic mass is 10.1. The number of benzene rings is 2. The average Bonchev–Trinajstić information content (AvgIpc) is 2.80. The number of fused-ring (bicyclic) bond motifs is 2. The van der Waals surface area contributed by atoms with Crippen molar-refractivity contribution < 1.29 is 27.7 Å². The van der Waals surface area contributed by atoms with Gasteiger partial charge in [-0.1, -0.05) is 5.11 Å². The van der Waals surface area contributed by atoms with Gasteiger partial charge in [0.05, 0.1) is 26.4 Å². The molecule has 0 aromatic heterocycles. The summed E-state index contributed by atoms with van der Waals surface area (Å²) in [7, 11) is 0. The second kappa shape index (κ2) is 12.0. The average molecular weight is 448 g/mol. The van der Waals surface area contributed by atoms with Gasteiger partial charge < -0.3 is 24.7 Å². The van der Waals surface area contributed by atoms with Crippen LogP contribution in [0, 0.1) is 11.6 Å². The van der Waals surface area contributed by atoms with Crippen molar-refractivity contribution in [3.8, 4) is 23.0 Å². The van der Waals surface area contributed by atoms with Gasteiger partial charge >= 0.3 is 0 Å². The molecule has 2 aliphatic heterocycles. The lowest BCUT2D eigenvalue weighted by Crippen LogP contribution is -2.14. The third kappa shape index (κ3) is 6.38. The molecule has 0 saturated heterocycles. The Kier molecular flexibility index (Phi) is 8.77. The van der Waals surface area contributed by atoms with E-state index in [0.29, 0.717) is 49.4 Å². The topological polar surface area (TPSA) is 112 Å². The first-order chi connectivity index (χ1) is 15.6. The van der Waals surface area contributed by atoms with Crippen molar-refractivity contribution >= 4 is 0 Å². The van der Waals surface area contributed by atoms with Gasteiger partial charge in [-0.15, -0.1) is 0 Å². The fourth-order valence-electron chi connectivity index (χ4n) is 3.44. The van der Waals surface area contributed by atoms with Gasteiger partial charge in [-0.3, -0.25) is 0 Å². The molecule has 32 heavy (non-hydrogen) atoms. The first kappa shape index (κ1) is 23.4. The number of rotatable bonds is 7. The molecule has 2 aliphatic rings. The molecule has 2 aromatic rings. The van der Waals surface area contributed by atoms with E-state index in [4.69, 9.17) is 30.2 Å². The minimum Gasteiger partial charge on any atom is -0.489 e. The van der Waals surface area contributed by atoms with E-state index in [9.17, 15) is 8.78 Å². The summed E-state index contributed by atoms with van der Waals surface area (Å²) in [5, 5.41) is 3.34. The summed E-state index contributed by atoms with van der Waals surface area (Å²) < 4.78 is 48.2. The van der Waals surface area contributed by atoms with Gasteiger partial charge in [-0.2, -0.15) is 0 Å². The highest BCUT2D eigenvalue weighted by molar-refractivity contribution is 5.49. The predicted molar refractivity (Wildman–Crippen MR) is 114 cm³/mol. The number of azide groups is 1. The summed E-state index contributed by atoms with van der Waals surface area (Å²) in [6.45, 7) is 2.48. The fraction of sp³-hybridized carbons (Fsp3) is 0.455. The van der Waals surface area contributed by atoms with Crippen LogP contribution < -0.4 is 24.7 Å². The Morgan fingerprint density at radius 1 is 0.906 bits per heavy atom. The molecule has 8 nitrogen and oxygen atoms in total. The van der Waals surface area contributed by atoms with Gasteiger partial charge in [-0.25, -0.2) is 8.78 Å². The van der Waals surface area contributed by atoms with Crippen LogP contribution >= 0.6 is 0 Å². The molecule has 0 radical (unpaired) electrons. The Labute approximate surface area is 184 Å². The van der Waals surface area contributed by atoms with Crippen LogP contribution in [0.2, 0.25) is 0 Å². The highest BCUT2D eigenvalue weighted by atomic mass is 19.1. The number of hydrogen-bond donors (Lipinski definition) is 1. The van der Waals surface area contributed by atoms with E-state index in [1.54, 1.807) is 0 Å². The van der Waals surface area contributed by atoms with Crippen LogP contribution in [0.4, 0.5) is 8.78 Å². The van der Waals surface area contributed by atoms with Crippen LogP contribution in [0.15, 0.2) is 29.4 Å². The second-order valence-electron chi connectivity index (χ2n) is 7.13. The normalized spacial score (nSPS) is 13.7. The summed E-state index contributed by atoms with van der Waals surface area (Å²) in [5.41, 5.74) is 15.2. The number of aryl methyl sites for hydroxylation is 2. The molecule has 2 N–H and O–H groups in total. The van der Waals surface area contributed by atoms with Crippen molar-refractivity contribution in [3.05, 3.63) is 57.5 Å². The fourth-order valence-corrected chi connectivity index (χ4v) is 3.44. The van der Waals surface area contributed by atoms with Gasteiger partial charge in [-0.05, 0) is 43.3 Å². The summed E-state index contributed by atoms with van der Waals surface area (Å²) in [6, 6.07) is 5.61. The van der Waals surface area contributed by atoms with Crippen LogP contribution in [-0.2, 0) is 12.8 Å². The number of ether oxygens (including phenoxy) is 4. The van der Waals surface area contributed by atoms with Gasteiger partial charge in [0.1, 0.15) is 18.2 Å². The molecule has 0 saturated carbocycles. The van der Waals surface area contributed by atoms with Crippen LogP contribution in [0.25, 0.3) is 10.4 Å². The van der Waals surface area contributed by atoms with Crippen molar-refractivity contribution in [3.63, 3.8) is 0 Å². The predicted octanol–water partition coefficient (Wildman–Crippen LogP) is 4.33. The third-order valence-corrected chi connectivity index (χ3v) is 4.75. The molecular formula is C22H26F2N4O4. The number of nitrogens with zero attached hydrogens (tertiary/aromatic N) is 3. The molecule has 0 amide bonds. The van der Waals surface area contributed by atoms with Gasteiger partial charge in [0.2, 0.25) is 0 Å². The first-order valence-electron chi connectivity index (χ1n) is 10.5. The van der Waals surface area contributed by atoms with E-state index in [-0.39, 0.29) is 24.8 Å². The Bertz CT molecular complexity index is 967. The molecule has 0 fully saturated rings. The molecule has 172 valence electrons. The van der Waals surface area contributed by atoms with Crippen molar-refractivity contribution in [2.75, 3.05) is 39.5 Å².